The van der Waals surface area contributed by atoms with Gasteiger partial charge in [-0.1, -0.05) is 13.0 Å². The number of hydrogen-bond donors (Lipinski definition) is 1. The second-order valence-electron chi connectivity index (χ2n) is 4.43. The quantitative estimate of drug-likeness (QED) is 0.927. The fraction of sp³-hybridized carbons (Fsp3) is 0.385. The van der Waals surface area contributed by atoms with Crippen LogP contribution in [0.3, 0.4) is 0 Å². The van der Waals surface area contributed by atoms with E-state index in [-0.39, 0.29) is 6.04 Å². The van der Waals surface area contributed by atoms with Crippen molar-refractivity contribution in [3.63, 3.8) is 0 Å². The van der Waals surface area contributed by atoms with Gasteiger partial charge >= 0.3 is 0 Å². The van der Waals surface area contributed by atoms with E-state index in [1.54, 1.807) is 0 Å². The van der Waals surface area contributed by atoms with Crippen LogP contribution in [-0.4, -0.2) is 21.3 Å². The highest BCUT2D eigenvalue weighted by atomic mass is 79.9. The summed E-state index contributed by atoms with van der Waals surface area (Å²) in [7, 11) is 0. The lowest BCUT2D eigenvalue weighted by Crippen LogP contribution is -2.24. The monoisotopic (exact) mass is 306 g/mol. The van der Waals surface area contributed by atoms with Gasteiger partial charge in [-0.25, -0.2) is 4.68 Å². The molecule has 0 aliphatic carbocycles. The van der Waals surface area contributed by atoms with Crippen molar-refractivity contribution in [1.82, 2.24) is 14.8 Å². The van der Waals surface area contributed by atoms with Crippen molar-refractivity contribution in [3.05, 3.63) is 40.3 Å². The van der Waals surface area contributed by atoms with E-state index in [2.05, 4.69) is 43.9 Å². The van der Waals surface area contributed by atoms with E-state index in [1.807, 2.05) is 18.5 Å². The first-order chi connectivity index (χ1) is 8.81. The van der Waals surface area contributed by atoms with E-state index in [0.717, 1.165) is 35.4 Å². The lowest BCUT2D eigenvalue weighted by atomic mass is 10.0. The van der Waals surface area contributed by atoms with Gasteiger partial charge in [-0.15, -0.1) is 0 Å². The maximum atomic E-state index is 4.71. The van der Waals surface area contributed by atoms with Gasteiger partial charge in [-0.05, 0) is 40.4 Å². The lowest BCUT2D eigenvalue weighted by Gasteiger charge is -2.25. The van der Waals surface area contributed by atoms with Crippen molar-refractivity contribution in [2.45, 2.75) is 25.8 Å². The molecule has 0 radical (unpaired) electrons. The summed E-state index contributed by atoms with van der Waals surface area (Å²) in [5.74, 6) is 1.09. The molecule has 0 saturated carbocycles. The van der Waals surface area contributed by atoms with Crippen molar-refractivity contribution in [3.8, 4) is 0 Å². The van der Waals surface area contributed by atoms with Gasteiger partial charge in [0.1, 0.15) is 5.82 Å². The molecular weight excluding hydrogens is 292 g/mol. The molecule has 18 heavy (non-hydrogen) atoms. The highest BCUT2D eigenvalue weighted by Crippen LogP contribution is 2.35. The molecule has 3 rings (SSSR count). The molecule has 3 heterocycles. The molecule has 1 atom stereocenters. The van der Waals surface area contributed by atoms with Crippen molar-refractivity contribution in [2.75, 3.05) is 11.9 Å². The predicted molar refractivity (Wildman–Crippen MR) is 74.8 cm³/mol. The molecule has 0 amide bonds. The zero-order valence-corrected chi connectivity index (χ0v) is 11.8. The predicted octanol–water partition coefficient (Wildman–Crippen LogP) is 3.01. The lowest BCUT2D eigenvalue weighted by molar-refractivity contribution is 0.477. The third kappa shape index (κ3) is 1.82. The zero-order valence-electron chi connectivity index (χ0n) is 10.2. The molecular formula is C13H15BrN4. The molecule has 0 saturated heterocycles. The molecule has 1 aliphatic heterocycles. The second kappa shape index (κ2) is 4.72. The number of nitrogens with zero attached hydrogens (tertiary/aromatic N) is 3. The highest BCUT2D eigenvalue weighted by molar-refractivity contribution is 9.10. The van der Waals surface area contributed by atoms with Gasteiger partial charge in [-0.2, -0.15) is 5.10 Å². The van der Waals surface area contributed by atoms with Crippen LogP contribution in [0, 0.1) is 0 Å². The van der Waals surface area contributed by atoms with Crippen LogP contribution in [0.5, 0.6) is 0 Å². The number of halogens is 1. The molecule has 1 aliphatic rings. The van der Waals surface area contributed by atoms with Gasteiger partial charge in [0, 0.05) is 18.9 Å². The normalized spacial score (nSPS) is 18.2. The van der Waals surface area contributed by atoms with Crippen molar-refractivity contribution >= 4 is 21.7 Å². The van der Waals surface area contributed by atoms with E-state index in [4.69, 9.17) is 5.10 Å². The Morgan fingerprint density at radius 2 is 2.44 bits per heavy atom. The number of pyridine rings is 1. The van der Waals surface area contributed by atoms with Gasteiger partial charge in [0.05, 0.1) is 16.2 Å². The first-order valence-corrected chi connectivity index (χ1v) is 7.01. The van der Waals surface area contributed by atoms with Crippen molar-refractivity contribution < 1.29 is 0 Å². The number of fused-ring (bicyclic) bond motifs is 1. The van der Waals surface area contributed by atoms with Gasteiger partial charge in [0.15, 0.2) is 0 Å². The second-order valence-corrected chi connectivity index (χ2v) is 5.22. The summed E-state index contributed by atoms with van der Waals surface area (Å²) in [6.07, 6.45) is 5.71. The Morgan fingerprint density at radius 1 is 1.56 bits per heavy atom. The average molecular weight is 307 g/mol. The smallest absolute Gasteiger partial charge is 0.139 e. The van der Waals surface area contributed by atoms with Gasteiger partial charge in [0.2, 0.25) is 0 Å². The molecule has 0 fully saturated rings. The van der Waals surface area contributed by atoms with E-state index in [1.165, 1.54) is 5.56 Å². The molecule has 1 unspecified atom stereocenters. The van der Waals surface area contributed by atoms with Gasteiger partial charge < -0.3 is 5.32 Å². The Bertz CT molecular complexity index is 550. The molecule has 94 valence electrons. The Morgan fingerprint density at radius 3 is 3.17 bits per heavy atom. The summed E-state index contributed by atoms with van der Waals surface area (Å²) in [5, 5.41) is 8.12. The van der Waals surface area contributed by atoms with E-state index < -0.39 is 0 Å². The number of nitrogens with one attached hydrogen (secondary N) is 1. The highest BCUT2D eigenvalue weighted by Gasteiger charge is 2.26. The number of rotatable bonds is 2. The topological polar surface area (TPSA) is 42.7 Å². The maximum absolute atomic E-state index is 4.71. The Balaban J connectivity index is 2.07. The van der Waals surface area contributed by atoms with Crippen LogP contribution in [0.1, 0.15) is 30.6 Å². The summed E-state index contributed by atoms with van der Waals surface area (Å²) in [4.78, 5) is 4.21. The number of hydrogen-bond acceptors (Lipinski definition) is 3. The van der Waals surface area contributed by atoms with Gasteiger partial charge in [-0.3, -0.25) is 4.98 Å². The first-order valence-electron chi connectivity index (χ1n) is 6.22. The maximum Gasteiger partial charge on any atom is 0.139 e. The van der Waals surface area contributed by atoms with Crippen LogP contribution < -0.4 is 5.32 Å². The van der Waals surface area contributed by atoms with Crippen molar-refractivity contribution in [1.29, 1.82) is 0 Å². The summed E-state index contributed by atoms with van der Waals surface area (Å²) >= 11 is 3.64. The van der Waals surface area contributed by atoms with Crippen LogP contribution in [0.4, 0.5) is 5.82 Å². The Hall–Kier alpha value is -1.36. The molecule has 5 heteroatoms. The van der Waals surface area contributed by atoms with Crippen LogP contribution in [0.15, 0.2) is 29.0 Å². The fourth-order valence-electron chi connectivity index (χ4n) is 2.40. The Kier molecular flexibility index (Phi) is 3.07. The molecule has 0 bridgehead atoms. The third-order valence-corrected chi connectivity index (χ3v) is 4.16. The van der Waals surface area contributed by atoms with Crippen LogP contribution in [-0.2, 0) is 6.42 Å². The molecule has 0 spiro atoms. The average Bonchev–Trinajstić information content (AvgIpc) is 2.77. The minimum Gasteiger partial charge on any atom is -0.369 e. The van der Waals surface area contributed by atoms with Crippen LogP contribution >= 0.6 is 15.9 Å². The third-order valence-electron chi connectivity index (χ3n) is 3.33. The molecule has 2 aromatic rings. The Labute approximate surface area is 115 Å². The summed E-state index contributed by atoms with van der Waals surface area (Å²) in [6.45, 7) is 3.09. The summed E-state index contributed by atoms with van der Waals surface area (Å²) in [5.41, 5.74) is 2.33. The molecule has 0 aromatic carbocycles. The largest absolute Gasteiger partial charge is 0.369 e. The van der Waals surface area contributed by atoms with E-state index in [9.17, 15) is 0 Å². The van der Waals surface area contributed by atoms with Crippen LogP contribution in [0.25, 0.3) is 0 Å². The van der Waals surface area contributed by atoms with Gasteiger partial charge in [0.25, 0.3) is 0 Å². The standard InChI is InChI=1S/C13H15BrN4/c1-2-10-12(14)13-16-7-5-11(18(13)17-10)9-4-3-6-15-8-9/h3-4,6,8,11,16H,2,5,7H2,1H3. The van der Waals surface area contributed by atoms with Crippen molar-refractivity contribution in [2.24, 2.45) is 0 Å². The summed E-state index contributed by atoms with van der Waals surface area (Å²) in [6, 6.07) is 4.39. The van der Waals surface area contributed by atoms with E-state index in [0.29, 0.717) is 0 Å². The number of aromatic nitrogens is 3. The molecule has 1 N–H and O–H groups in total. The first kappa shape index (κ1) is 11.7. The molecule has 2 aromatic heterocycles. The zero-order chi connectivity index (χ0) is 12.5. The number of anilines is 1. The SMILES string of the molecule is CCc1nn2c(c1Br)NCCC2c1cccnc1. The number of aryl methyl sites for hydroxylation is 1. The minimum atomic E-state index is 0.284. The van der Waals surface area contributed by atoms with Crippen LogP contribution in [0.2, 0.25) is 0 Å². The minimum absolute atomic E-state index is 0.284. The fourth-order valence-corrected chi connectivity index (χ4v) is 3.08. The molecule has 4 nitrogen and oxygen atoms in total. The summed E-state index contributed by atoms with van der Waals surface area (Å²) < 4.78 is 3.18. The van der Waals surface area contributed by atoms with E-state index >= 15 is 0 Å².